The second kappa shape index (κ2) is 5.82. The topological polar surface area (TPSA) is 65.4 Å². The summed E-state index contributed by atoms with van der Waals surface area (Å²) in [5.41, 5.74) is 0.396. The molecule has 0 N–H and O–H groups in total. The molecule has 0 amide bonds. The van der Waals surface area contributed by atoms with Crippen molar-refractivity contribution in [1.29, 1.82) is 0 Å². The maximum absolute atomic E-state index is 13.0. The van der Waals surface area contributed by atoms with Gasteiger partial charge < -0.3 is 4.74 Å². The Hall–Kier alpha value is -2.12. The Morgan fingerprint density at radius 1 is 1.09 bits per heavy atom. The van der Waals surface area contributed by atoms with Gasteiger partial charge in [0.1, 0.15) is 5.69 Å². The van der Waals surface area contributed by atoms with Crippen molar-refractivity contribution >= 4 is 42.8 Å². The van der Waals surface area contributed by atoms with Crippen molar-refractivity contribution in [1.82, 2.24) is 3.97 Å². The number of esters is 1. The monoisotopic (exact) mass is 393 g/mol. The highest BCUT2D eigenvalue weighted by molar-refractivity contribution is 9.10. The fraction of sp³-hybridized carbons (Fsp3) is 0.0625. The molecular formula is C16H12BrNO4S. The molecule has 5 nitrogen and oxygen atoms in total. The number of benzene rings is 2. The van der Waals surface area contributed by atoms with Gasteiger partial charge in [0.15, 0.2) is 0 Å². The molecule has 0 saturated heterocycles. The van der Waals surface area contributed by atoms with Crippen LogP contribution >= 0.6 is 15.9 Å². The molecule has 0 atom stereocenters. The molecule has 7 heteroatoms. The molecule has 1 aromatic heterocycles. The summed E-state index contributed by atoms with van der Waals surface area (Å²) in [6, 6.07) is 14.6. The van der Waals surface area contributed by atoms with Crippen molar-refractivity contribution in [2.45, 2.75) is 4.90 Å². The van der Waals surface area contributed by atoms with Crippen LogP contribution in [0.1, 0.15) is 10.5 Å². The quantitative estimate of drug-likeness (QED) is 0.639. The van der Waals surface area contributed by atoms with Gasteiger partial charge in [-0.3, -0.25) is 0 Å². The van der Waals surface area contributed by atoms with Crippen molar-refractivity contribution in [3.05, 3.63) is 64.8 Å². The number of carbonyl (C=O) groups excluding carboxylic acids is 1. The number of aromatic nitrogens is 1. The van der Waals surface area contributed by atoms with Gasteiger partial charge in [-0.15, -0.1) is 0 Å². The molecule has 23 heavy (non-hydrogen) atoms. The minimum atomic E-state index is -3.93. The molecule has 0 fully saturated rings. The lowest BCUT2D eigenvalue weighted by atomic mass is 10.2. The van der Waals surface area contributed by atoms with Gasteiger partial charge in [-0.25, -0.2) is 17.2 Å². The van der Waals surface area contributed by atoms with Gasteiger partial charge in [0.2, 0.25) is 0 Å². The van der Waals surface area contributed by atoms with Gasteiger partial charge in [-0.2, -0.15) is 0 Å². The number of hydrogen-bond acceptors (Lipinski definition) is 4. The summed E-state index contributed by atoms with van der Waals surface area (Å²) < 4.78 is 32.5. The van der Waals surface area contributed by atoms with E-state index < -0.39 is 16.0 Å². The standard InChI is InChI=1S/C16H12BrNO4S/c1-22-16(19)15-10-11-4-2-3-5-14(11)18(15)23(20,21)13-8-6-12(17)7-9-13/h2-10H,1H3. The molecule has 0 bridgehead atoms. The first-order chi connectivity index (χ1) is 10.9. The molecule has 3 rings (SSSR count). The summed E-state index contributed by atoms with van der Waals surface area (Å²) in [5, 5.41) is 0.647. The van der Waals surface area contributed by atoms with E-state index in [9.17, 15) is 13.2 Å². The van der Waals surface area contributed by atoms with Crippen LogP contribution in [0.2, 0.25) is 0 Å². The number of fused-ring (bicyclic) bond motifs is 1. The number of hydrogen-bond donors (Lipinski definition) is 0. The molecule has 118 valence electrons. The number of para-hydroxylation sites is 1. The lowest BCUT2D eigenvalue weighted by Crippen LogP contribution is -2.19. The number of carbonyl (C=O) groups is 1. The number of halogens is 1. The second-order valence-electron chi connectivity index (χ2n) is 4.80. The predicted octanol–water partition coefficient (Wildman–Crippen LogP) is 3.43. The second-order valence-corrected chi connectivity index (χ2v) is 7.51. The molecule has 0 aliphatic heterocycles. The van der Waals surface area contributed by atoms with Crippen molar-refractivity contribution in [2.75, 3.05) is 7.11 Å². The van der Waals surface area contributed by atoms with E-state index >= 15 is 0 Å². The van der Waals surface area contributed by atoms with Crippen LogP contribution in [0.3, 0.4) is 0 Å². The van der Waals surface area contributed by atoms with Crippen LogP contribution in [0.4, 0.5) is 0 Å². The minimum Gasteiger partial charge on any atom is -0.464 e. The number of rotatable bonds is 3. The van der Waals surface area contributed by atoms with Gasteiger partial charge in [-0.05, 0) is 36.4 Å². The Kier molecular flexibility index (Phi) is 3.99. The number of methoxy groups -OCH3 is 1. The molecular weight excluding hydrogens is 382 g/mol. The van der Waals surface area contributed by atoms with Crippen LogP contribution in [0.5, 0.6) is 0 Å². The van der Waals surface area contributed by atoms with Gasteiger partial charge in [0, 0.05) is 9.86 Å². The third kappa shape index (κ3) is 2.66. The van der Waals surface area contributed by atoms with Gasteiger partial charge in [0.25, 0.3) is 10.0 Å². The molecule has 0 aliphatic carbocycles. The lowest BCUT2D eigenvalue weighted by molar-refractivity contribution is 0.0593. The first-order valence-electron chi connectivity index (χ1n) is 6.65. The van der Waals surface area contributed by atoms with Crippen LogP contribution in [-0.4, -0.2) is 25.5 Å². The van der Waals surface area contributed by atoms with Crippen molar-refractivity contribution in [3.63, 3.8) is 0 Å². The first kappa shape index (κ1) is 15.8. The lowest BCUT2D eigenvalue weighted by Gasteiger charge is -2.11. The maximum Gasteiger partial charge on any atom is 0.355 e. The van der Waals surface area contributed by atoms with E-state index in [2.05, 4.69) is 15.9 Å². The Morgan fingerprint density at radius 3 is 2.39 bits per heavy atom. The summed E-state index contributed by atoms with van der Waals surface area (Å²) in [7, 11) is -2.71. The predicted molar refractivity (Wildman–Crippen MR) is 90.0 cm³/mol. The fourth-order valence-electron chi connectivity index (χ4n) is 2.35. The average Bonchev–Trinajstić information content (AvgIpc) is 2.94. The highest BCUT2D eigenvalue weighted by Gasteiger charge is 2.26. The summed E-state index contributed by atoms with van der Waals surface area (Å²) in [6.45, 7) is 0. The Morgan fingerprint density at radius 2 is 1.74 bits per heavy atom. The first-order valence-corrected chi connectivity index (χ1v) is 8.88. The summed E-state index contributed by atoms with van der Waals surface area (Å²) >= 11 is 3.27. The zero-order valence-electron chi connectivity index (χ0n) is 12.1. The van der Waals surface area contributed by atoms with E-state index in [-0.39, 0.29) is 10.6 Å². The number of nitrogens with zero attached hydrogens (tertiary/aromatic N) is 1. The van der Waals surface area contributed by atoms with Crippen molar-refractivity contribution in [2.24, 2.45) is 0 Å². The number of ether oxygens (including phenoxy) is 1. The minimum absolute atomic E-state index is 0.0309. The Balaban J connectivity index is 2.33. The maximum atomic E-state index is 13.0. The highest BCUT2D eigenvalue weighted by Crippen LogP contribution is 2.26. The smallest absolute Gasteiger partial charge is 0.355 e. The van der Waals surface area contributed by atoms with Gasteiger partial charge in [-0.1, -0.05) is 34.1 Å². The zero-order valence-corrected chi connectivity index (χ0v) is 14.5. The largest absolute Gasteiger partial charge is 0.464 e. The SMILES string of the molecule is COC(=O)c1cc2ccccc2n1S(=O)(=O)c1ccc(Br)cc1. The molecule has 0 radical (unpaired) electrons. The van der Waals surface area contributed by atoms with Gasteiger partial charge in [0.05, 0.1) is 17.5 Å². The molecule has 0 saturated carbocycles. The third-order valence-corrected chi connectivity index (χ3v) is 5.68. The van der Waals surface area contributed by atoms with E-state index in [0.29, 0.717) is 10.9 Å². The molecule has 0 spiro atoms. The van der Waals surface area contributed by atoms with E-state index in [1.807, 2.05) is 0 Å². The van der Waals surface area contributed by atoms with Crippen LogP contribution in [0, 0.1) is 0 Å². The van der Waals surface area contributed by atoms with Crippen molar-refractivity contribution in [3.8, 4) is 0 Å². The van der Waals surface area contributed by atoms with Crippen molar-refractivity contribution < 1.29 is 17.9 Å². The summed E-state index contributed by atoms with van der Waals surface area (Å²) in [5.74, 6) is -0.707. The van der Waals surface area contributed by atoms with E-state index in [4.69, 9.17) is 4.74 Å². The average molecular weight is 394 g/mol. The highest BCUT2D eigenvalue weighted by atomic mass is 79.9. The molecule has 0 aliphatic rings. The van der Waals surface area contributed by atoms with E-state index in [1.165, 1.54) is 25.3 Å². The molecule has 2 aromatic carbocycles. The van der Waals surface area contributed by atoms with E-state index in [1.54, 1.807) is 36.4 Å². The van der Waals surface area contributed by atoms with Crippen LogP contribution in [0.15, 0.2) is 64.0 Å². The van der Waals surface area contributed by atoms with E-state index in [0.717, 1.165) is 8.45 Å². The van der Waals surface area contributed by atoms with Gasteiger partial charge >= 0.3 is 5.97 Å². The van der Waals surface area contributed by atoms with Crippen LogP contribution in [0.25, 0.3) is 10.9 Å². The Bertz CT molecular complexity index is 991. The Labute approximate surface area is 141 Å². The normalized spacial score (nSPS) is 11.6. The van der Waals surface area contributed by atoms with Crippen LogP contribution < -0.4 is 0 Å². The summed E-state index contributed by atoms with van der Waals surface area (Å²) in [6.07, 6.45) is 0. The molecule has 0 unspecified atom stereocenters. The summed E-state index contributed by atoms with van der Waals surface area (Å²) in [4.78, 5) is 12.1. The van der Waals surface area contributed by atoms with Crippen LogP contribution in [-0.2, 0) is 14.8 Å². The third-order valence-electron chi connectivity index (χ3n) is 3.41. The molecule has 1 heterocycles. The molecule has 3 aromatic rings. The zero-order chi connectivity index (χ0) is 16.6. The fourth-order valence-corrected chi connectivity index (χ4v) is 4.11.